The minimum Gasteiger partial charge on any atom is -0.755 e. The number of hydrogen-bond donors (Lipinski definition) is 1. The summed E-state index contributed by atoms with van der Waals surface area (Å²) >= 11 is -2.66. The van der Waals surface area contributed by atoms with E-state index >= 15 is 0 Å². The maximum atomic E-state index is 12.7. The summed E-state index contributed by atoms with van der Waals surface area (Å²) in [5.41, 5.74) is 4.81. The zero-order chi connectivity index (χ0) is 28.8. The van der Waals surface area contributed by atoms with Crippen LogP contribution >= 0.6 is 0 Å². The molecule has 2 heterocycles. The van der Waals surface area contributed by atoms with E-state index in [1.165, 1.54) is 17.6 Å². The number of aryl methyl sites for hydroxylation is 1. The van der Waals surface area contributed by atoms with Gasteiger partial charge >= 0.3 is 5.97 Å². The van der Waals surface area contributed by atoms with Gasteiger partial charge in [-0.2, -0.15) is 0 Å². The minimum atomic E-state index is -2.66. The van der Waals surface area contributed by atoms with Gasteiger partial charge in [-0.25, -0.2) is 9.78 Å². The molecule has 0 saturated carbocycles. The van der Waals surface area contributed by atoms with Crippen molar-refractivity contribution in [1.82, 2.24) is 9.97 Å². The van der Waals surface area contributed by atoms with Crippen LogP contribution in [-0.2, 0) is 22.5 Å². The zero-order valence-corrected chi connectivity index (χ0v) is 23.1. The second-order valence-electron chi connectivity index (χ2n) is 9.04. The summed E-state index contributed by atoms with van der Waals surface area (Å²) in [5, 5.41) is 4.06. The van der Waals surface area contributed by atoms with E-state index in [9.17, 15) is 13.6 Å². The predicted octanol–water partition coefficient (Wildman–Crippen LogP) is 5.67. The summed E-state index contributed by atoms with van der Waals surface area (Å²) in [5.74, 6) is 5.60. The molecule has 0 aliphatic carbocycles. The fourth-order valence-corrected chi connectivity index (χ4v) is 5.08. The van der Waals surface area contributed by atoms with Crippen LogP contribution < -0.4 is 9.62 Å². The van der Waals surface area contributed by atoms with Crippen molar-refractivity contribution in [2.45, 2.75) is 13.5 Å². The standard InChI is InChI=1S/C32H26N4O4S/c1-22-14-16-26-12-8-18-33-29(26)31(22)36(41(38)39)28-13-7-6-11-25(28)17-15-24-19-27(30(35-21-24)32(37)40-2)34-20-23-9-4-3-5-10-23/h3-14,16,18-19,21,34H,20H2,1-2H3,(H,38,39)/p-1. The molecule has 0 fully saturated rings. The van der Waals surface area contributed by atoms with Crippen molar-refractivity contribution in [1.29, 1.82) is 0 Å². The highest BCUT2D eigenvalue weighted by atomic mass is 32.2. The van der Waals surface area contributed by atoms with Crippen molar-refractivity contribution in [3.8, 4) is 11.8 Å². The molecule has 0 amide bonds. The number of aromatic nitrogens is 2. The largest absolute Gasteiger partial charge is 0.755 e. The number of anilines is 3. The number of carbonyl (C=O) groups is 1. The van der Waals surface area contributed by atoms with Crippen molar-refractivity contribution in [2.24, 2.45) is 0 Å². The van der Waals surface area contributed by atoms with Gasteiger partial charge in [0, 0.05) is 35.5 Å². The molecule has 1 unspecified atom stereocenters. The lowest BCUT2D eigenvalue weighted by atomic mass is 10.1. The van der Waals surface area contributed by atoms with Gasteiger partial charge in [-0.1, -0.05) is 72.5 Å². The summed E-state index contributed by atoms with van der Waals surface area (Å²) in [6.07, 6.45) is 3.12. The molecule has 0 aliphatic rings. The van der Waals surface area contributed by atoms with E-state index in [0.717, 1.165) is 16.5 Å². The van der Waals surface area contributed by atoms with E-state index in [-0.39, 0.29) is 5.69 Å². The molecule has 0 aliphatic heterocycles. The number of hydrogen-bond acceptors (Lipinski definition) is 7. The Bertz CT molecular complexity index is 1820. The summed E-state index contributed by atoms with van der Waals surface area (Å²) < 4.78 is 31.5. The smallest absolute Gasteiger partial charge is 0.358 e. The third-order valence-electron chi connectivity index (χ3n) is 6.36. The molecular formula is C32H25N4O4S-. The van der Waals surface area contributed by atoms with Crippen LogP contribution in [0.15, 0.2) is 97.3 Å². The number of rotatable bonds is 7. The molecular weight excluding hydrogens is 536 g/mol. The maximum Gasteiger partial charge on any atom is 0.358 e. The Morgan fingerprint density at radius 2 is 1.78 bits per heavy atom. The maximum absolute atomic E-state index is 12.7. The Morgan fingerprint density at radius 3 is 2.56 bits per heavy atom. The predicted molar refractivity (Wildman–Crippen MR) is 159 cm³/mol. The van der Waals surface area contributed by atoms with Crippen molar-refractivity contribution >= 4 is 45.2 Å². The SMILES string of the molecule is COC(=O)c1ncc(C#Cc2ccccc2N(c2c(C)ccc3cccnc23)S(=O)[O-])cc1NCc1ccccc1. The highest BCUT2D eigenvalue weighted by Crippen LogP contribution is 2.36. The third-order valence-corrected chi connectivity index (χ3v) is 7.04. The van der Waals surface area contributed by atoms with Gasteiger partial charge in [0.2, 0.25) is 0 Å². The second-order valence-corrected chi connectivity index (χ2v) is 9.84. The van der Waals surface area contributed by atoms with Gasteiger partial charge in [0.05, 0.1) is 41.0 Å². The van der Waals surface area contributed by atoms with Crippen LogP contribution in [0.25, 0.3) is 10.9 Å². The average Bonchev–Trinajstić information content (AvgIpc) is 3.00. The number of para-hydroxylation sites is 1. The van der Waals surface area contributed by atoms with Crippen LogP contribution in [0.4, 0.5) is 17.1 Å². The first kappa shape index (κ1) is 27.5. The summed E-state index contributed by atoms with van der Waals surface area (Å²) in [4.78, 5) is 21.1. The third kappa shape index (κ3) is 6.09. The van der Waals surface area contributed by atoms with Gasteiger partial charge in [0.1, 0.15) is 0 Å². The van der Waals surface area contributed by atoms with Crippen molar-refractivity contribution in [3.05, 3.63) is 125 Å². The van der Waals surface area contributed by atoms with Crippen LogP contribution in [-0.4, -0.2) is 31.8 Å². The van der Waals surface area contributed by atoms with Crippen molar-refractivity contribution < 1.29 is 18.3 Å². The van der Waals surface area contributed by atoms with Crippen LogP contribution in [0.2, 0.25) is 0 Å². The number of benzene rings is 3. The zero-order valence-electron chi connectivity index (χ0n) is 22.3. The number of methoxy groups -OCH3 is 1. The Hall–Kier alpha value is -5.04. The van der Waals surface area contributed by atoms with Crippen LogP contribution in [0.3, 0.4) is 0 Å². The average molecular weight is 562 g/mol. The lowest BCUT2D eigenvalue weighted by Gasteiger charge is -2.29. The van der Waals surface area contributed by atoms with E-state index in [4.69, 9.17) is 4.74 Å². The quantitative estimate of drug-likeness (QED) is 0.155. The molecule has 204 valence electrons. The van der Waals surface area contributed by atoms with Gasteiger partial charge in [-0.05, 0) is 42.3 Å². The molecule has 0 spiro atoms. The molecule has 5 rings (SSSR count). The monoisotopic (exact) mass is 561 g/mol. The number of fused-ring (bicyclic) bond motifs is 1. The second kappa shape index (κ2) is 12.4. The van der Waals surface area contributed by atoms with Gasteiger partial charge in [-0.15, -0.1) is 0 Å². The lowest BCUT2D eigenvalue weighted by Crippen LogP contribution is -2.22. The fourth-order valence-electron chi connectivity index (χ4n) is 4.38. The summed E-state index contributed by atoms with van der Waals surface area (Å²) in [7, 11) is 1.30. The Balaban J connectivity index is 1.54. The van der Waals surface area contributed by atoms with Crippen molar-refractivity contribution in [2.75, 3.05) is 16.7 Å². The van der Waals surface area contributed by atoms with Gasteiger partial charge in [-0.3, -0.25) is 13.5 Å². The molecule has 5 aromatic rings. The van der Waals surface area contributed by atoms with E-state index in [1.54, 1.807) is 36.5 Å². The molecule has 8 nitrogen and oxygen atoms in total. The van der Waals surface area contributed by atoms with Crippen LogP contribution in [0.1, 0.15) is 32.7 Å². The van der Waals surface area contributed by atoms with E-state index in [0.29, 0.717) is 40.3 Å². The molecule has 0 saturated heterocycles. The number of pyridine rings is 2. The van der Waals surface area contributed by atoms with E-state index in [2.05, 4.69) is 27.1 Å². The Labute approximate surface area is 240 Å². The fraction of sp³-hybridized carbons (Fsp3) is 0.0938. The molecule has 0 bridgehead atoms. The van der Waals surface area contributed by atoms with Gasteiger partial charge < -0.3 is 14.6 Å². The van der Waals surface area contributed by atoms with Crippen molar-refractivity contribution in [3.63, 3.8) is 0 Å². The van der Waals surface area contributed by atoms with Gasteiger partial charge in [0.25, 0.3) is 0 Å². The number of nitrogens with one attached hydrogen (secondary N) is 1. The highest BCUT2D eigenvalue weighted by Gasteiger charge is 2.19. The van der Waals surface area contributed by atoms with E-state index < -0.39 is 17.2 Å². The normalized spacial score (nSPS) is 11.3. The molecule has 1 N–H and O–H groups in total. The van der Waals surface area contributed by atoms with Crippen LogP contribution in [0, 0.1) is 18.8 Å². The van der Waals surface area contributed by atoms with Crippen LogP contribution in [0.5, 0.6) is 0 Å². The summed E-state index contributed by atoms with van der Waals surface area (Å²) in [6.45, 7) is 2.31. The topological polar surface area (TPSA) is 107 Å². The first-order valence-electron chi connectivity index (χ1n) is 12.7. The Kier molecular flexibility index (Phi) is 8.34. The molecule has 2 aromatic heterocycles. The molecule has 9 heteroatoms. The van der Waals surface area contributed by atoms with E-state index in [1.807, 2.05) is 61.5 Å². The lowest BCUT2D eigenvalue weighted by molar-refractivity contribution is 0.0595. The number of carbonyl (C=O) groups excluding carboxylic acids is 1. The molecule has 3 aromatic carbocycles. The molecule has 1 atom stereocenters. The van der Waals surface area contributed by atoms with Gasteiger partial charge in [0.15, 0.2) is 5.69 Å². The number of ether oxygens (including phenoxy) is 1. The first-order chi connectivity index (χ1) is 20.0. The summed E-state index contributed by atoms with van der Waals surface area (Å²) in [6, 6.07) is 25.9. The number of esters is 1. The minimum absolute atomic E-state index is 0.140. The number of nitrogens with zero attached hydrogens (tertiary/aromatic N) is 3. The molecule has 41 heavy (non-hydrogen) atoms. The highest BCUT2D eigenvalue weighted by molar-refractivity contribution is 7.81. The Morgan fingerprint density at radius 1 is 1.00 bits per heavy atom. The first-order valence-corrected chi connectivity index (χ1v) is 13.7. The molecule has 0 radical (unpaired) electrons.